The largest absolute Gasteiger partial charge is 0.497 e. The van der Waals surface area contributed by atoms with Gasteiger partial charge in [0.05, 0.1) is 7.11 Å². The second kappa shape index (κ2) is 6.42. The molecule has 0 atom stereocenters. The number of thiophene rings is 1. The highest BCUT2D eigenvalue weighted by Crippen LogP contribution is 2.24. The topological polar surface area (TPSA) is 12.5 Å². The third kappa shape index (κ3) is 3.22. The SMILES string of the molecule is COc1ccc2c(c1)CCN(CCCc1cccs1)C2. The fraction of sp³-hybridized carbons (Fsp3) is 0.412. The van der Waals surface area contributed by atoms with Crippen LogP contribution in [-0.2, 0) is 19.4 Å². The van der Waals surface area contributed by atoms with Crippen LogP contribution in [0.15, 0.2) is 35.7 Å². The number of nitrogens with zero attached hydrogens (tertiary/aromatic N) is 1. The third-order valence-electron chi connectivity index (χ3n) is 3.98. The molecule has 0 saturated heterocycles. The van der Waals surface area contributed by atoms with E-state index in [1.54, 1.807) is 7.11 Å². The van der Waals surface area contributed by atoms with Crippen LogP contribution in [0.1, 0.15) is 22.4 Å². The Labute approximate surface area is 125 Å². The molecule has 106 valence electrons. The second-order valence-electron chi connectivity index (χ2n) is 5.34. The summed E-state index contributed by atoms with van der Waals surface area (Å²) >= 11 is 1.87. The van der Waals surface area contributed by atoms with Gasteiger partial charge in [-0.25, -0.2) is 0 Å². The first-order valence-corrected chi connectivity index (χ1v) is 8.13. The summed E-state index contributed by atoms with van der Waals surface area (Å²) in [5.74, 6) is 0.981. The van der Waals surface area contributed by atoms with Crippen molar-refractivity contribution in [2.24, 2.45) is 0 Å². The number of fused-ring (bicyclic) bond motifs is 1. The molecule has 0 fully saturated rings. The molecule has 1 aliphatic rings. The fourth-order valence-electron chi connectivity index (χ4n) is 2.84. The van der Waals surface area contributed by atoms with Crippen molar-refractivity contribution >= 4 is 11.3 Å². The van der Waals surface area contributed by atoms with Gasteiger partial charge in [-0.3, -0.25) is 4.90 Å². The zero-order valence-electron chi connectivity index (χ0n) is 12.0. The van der Waals surface area contributed by atoms with E-state index in [1.807, 2.05) is 11.3 Å². The Balaban J connectivity index is 1.53. The lowest BCUT2D eigenvalue weighted by Crippen LogP contribution is -2.31. The maximum absolute atomic E-state index is 5.30. The summed E-state index contributed by atoms with van der Waals surface area (Å²) in [5, 5.41) is 2.17. The van der Waals surface area contributed by atoms with E-state index in [0.717, 1.165) is 18.7 Å². The van der Waals surface area contributed by atoms with Gasteiger partial charge in [0.2, 0.25) is 0 Å². The van der Waals surface area contributed by atoms with Gasteiger partial charge < -0.3 is 4.74 Å². The molecule has 1 aromatic heterocycles. The Morgan fingerprint density at radius 3 is 3.00 bits per heavy atom. The maximum atomic E-state index is 5.30. The summed E-state index contributed by atoms with van der Waals surface area (Å²) in [6.07, 6.45) is 3.61. The predicted octanol–water partition coefficient (Wildman–Crippen LogP) is 3.75. The molecule has 0 N–H and O–H groups in total. The first-order chi connectivity index (χ1) is 9.85. The number of aryl methyl sites for hydroxylation is 1. The van der Waals surface area contributed by atoms with Crippen molar-refractivity contribution in [3.8, 4) is 5.75 Å². The minimum Gasteiger partial charge on any atom is -0.497 e. The van der Waals surface area contributed by atoms with Crippen molar-refractivity contribution in [2.45, 2.75) is 25.8 Å². The average molecular weight is 287 g/mol. The second-order valence-corrected chi connectivity index (χ2v) is 6.38. The zero-order valence-corrected chi connectivity index (χ0v) is 12.8. The van der Waals surface area contributed by atoms with E-state index < -0.39 is 0 Å². The smallest absolute Gasteiger partial charge is 0.119 e. The molecular formula is C17H21NOS. The zero-order chi connectivity index (χ0) is 13.8. The molecule has 0 aliphatic carbocycles. The highest BCUT2D eigenvalue weighted by atomic mass is 32.1. The minimum atomic E-state index is 0.981. The highest BCUT2D eigenvalue weighted by molar-refractivity contribution is 7.09. The highest BCUT2D eigenvalue weighted by Gasteiger charge is 2.16. The van der Waals surface area contributed by atoms with Crippen molar-refractivity contribution in [3.63, 3.8) is 0 Å². The van der Waals surface area contributed by atoms with Crippen molar-refractivity contribution in [2.75, 3.05) is 20.2 Å². The van der Waals surface area contributed by atoms with Crippen LogP contribution in [0.5, 0.6) is 5.75 Å². The predicted molar refractivity (Wildman–Crippen MR) is 84.6 cm³/mol. The molecule has 1 aromatic carbocycles. The molecule has 0 radical (unpaired) electrons. The van der Waals surface area contributed by atoms with Gasteiger partial charge in [0, 0.05) is 18.0 Å². The van der Waals surface area contributed by atoms with Gasteiger partial charge in [0.15, 0.2) is 0 Å². The van der Waals surface area contributed by atoms with Crippen LogP contribution in [0, 0.1) is 0 Å². The molecule has 2 heterocycles. The van der Waals surface area contributed by atoms with Crippen LogP contribution in [-0.4, -0.2) is 25.1 Å². The van der Waals surface area contributed by atoms with Crippen molar-refractivity contribution in [1.29, 1.82) is 0 Å². The van der Waals surface area contributed by atoms with Gasteiger partial charge in [0.1, 0.15) is 5.75 Å². The molecule has 0 unspecified atom stereocenters. The van der Waals surface area contributed by atoms with Gasteiger partial charge >= 0.3 is 0 Å². The molecule has 2 nitrogen and oxygen atoms in total. The van der Waals surface area contributed by atoms with Crippen molar-refractivity contribution in [3.05, 3.63) is 51.7 Å². The monoisotopic (exact) mass is 287 g/mol. The van der Waals surface area contributed by atoms with Crippen LogP contribution in [0.25, 0.3) is 0 Å². The summed E-state index contributed by atoms with van der Waals surface area (Å²) < 4.78 is 5.30. The van der Waals surface area contributed by atoms with E-state index in [2.05, 4.69) is 40.6 Å². The maximum Gasteiger partial charge on any atom is 0.119 e. The van der Waals surface area contributed by atoms with E-state index in [0.29, 0.717) is 0 Å². The van der Waals surface area contributed by atoms with Gasteiger partial charge in [-0.2, -0.15) is 0 Å². The minimum absolute atomic E-state index is 0.981. The Morgan fingerprint density at radius 1 is 1.25 bits per heavy atom. The lowest BCUT2D eigenvalue weighted by atomic mass is 9.99. The molecule has 1 aliphatic heterocycles. The quantitative estimate of drug-likeness (QED) is 0.830. The molecule has 20 heavy (non-hydrogen) atoms. The fourth-order valence-corrected chi connectivity index (χ4v) is 3.59. The molecule has 0 amide bonds. The van der Waals surface area contributed by atoms with E-state index in [9.17, 15) is 0 Å². The molecule has 0 saturated carbocycles. The van der Waals surface area contributed by atoms with Crippen molar-refractivity contribution in [1.82, 2.24) is 4.90 Å². The number of hydrogen-bond donors (Lipinski definition) is 0. The van der Waals surface area contributed by atoms with Crippen molar-refractivity contribution < 1.29 is 4.74 Å². The Bertz CT molecular complexity index is 550. The lowest BCUT2D eigenvalue weighted by Gasteiger charge is -2.28. The van der Waals surface area contributed by atoms with Crippen LogP contribution >= 0.6 is 11.3 Å². The number of methoxy groups -OCH3 is 1. The first kappa shape index (κ1) is 13.7. The van der Waals surface area contributed by atoms with E-state index in [4.69, 9.17) is 4.74 Å². The molecule has 0 spiro atoms. The summed E-state index contributed by atoms with van der Waals surface area (Å²) in [4.78, 5) is 4.08. The average Bonchev–Trinajstić information content (AvgIpc) is 3.00. The molecule has 3 rings (SSSR count). The Morgan fingerprint density at radius 2 is 2.20 bits per heavy atom. The lowest BCUT2D eigenvalue weighted by molar-refractivity contribution is 0.251. The van der Waals surface area contributed by atoms with Crippen LogP contribution in [0.2, 0.25) is 0 Å². The normalized spacial score (nSPS) is 15.1. The summed E-state index contributed by atoms with van der Waals surface area (Å²) in [6.45, 7) is 3.46. The van der Waals surface area contributed by atoms with E-state index in [-0.39, 0.29) is 0 Å². The number of hydrogen-bond acceptors (Lipinski definition) is 3. The molecule has 3 heteroatoms. The van der Waals surface area contributed by atoms with Crippen LogP contribution in [0.3, 0.4) is 0 Å². The summed E-state index contributed by atoms with van der Waals surface area (Å²) in [6, 6.07) is 10.9. The number of rotatable bonds is 5. The molecule has 2 aromatic rings. The standard InChI is InChI=1S/C17H21NOS/c1-19-16-7-6-15-13-18(10-8-14(15)12-16)9-2-4-17-5-3-11-20-17/h3,5-7,11-12H,2,4,8-10,13H2,1H3. The van der Waals surface area contributed by atoms with Crippen LogP contribution in [0.4, 0.5) is 0 Å². The van der Waals surface area contributed by atoms with E-state index in [1.165, 1.54) is 41.9 Å². The van der Waals surface area contributed by atoms with Gasteiger partial charge in [-0.1, -0.05) is 12.1 Å². The van der Waals surface area contributed by atoms with Crippen LogP contribution < -0.4 is 4.74 Å². The number of ether oxygens (including phenoxy) is 1. The Kier molecular flexibility index (Phi) is 4.38. The summed E-state index contributed by atoms with van der Waals surface area (Å²) in [7, 11) is 1.74. The van der Waals surface area contributed by atoms with Gasteiger partial charge in [-0.15, -0.1) is 11.3 Å². The third-order valence-corrected chi connectivity index (χ3v) is 4.92. The first-order valence-electron chi connectivity index (χ1n) is 7.25. The Hall–Kier alpha value is -1.32. The van der Waals surface area contributed by atoms with Gasteiger partial charge in [0.25, 0.3) is 0 Å². The molecule has 0 bridgehead atoms. The van der Waals surface area contributed by atoms with Gasteiger partial charge in [-0.05, 0) is 60.5 Å². The summed E-state index contributed by atoms with van der Waals surface area (Å²) in [5.41, 5.74) is 2.92. The number of benzene rings is 1. The van der Waals surface area contributed by atoms with E-state index >= 15 is 0 Å². The molecular weight excluding hydrogens is 266 g/mol.